The van der Waals surface area contributed by atoms with Crippen LogP contribution in [0.2, 0.25) is 0 Å². The van der Waals surface area contributed by atoms with Crippen molar-refractivity contribution in [3.63, 3.8) is 0 Å². The topological polar surface area (TPSA) is 105 Å². The Balaban J connectivity index is 1.54. The van der Waals surface area contributed by atoms with Crippen LogP contribution in [0.4, 0.5) is 13.6 Å². The molecule has 2 aliphatic rings. The molecule has 2 atom stereocenters. The van der Waals surface area contributed by atoms with E-state index in [0.717, 1.165) is 39.9 Å². The lowest BCUT2D eigenvalue weighted by atomic mass is 9.71. The molecular formula is C34H36F2N2O6. The van der Waals surface area contributed by atoms with E-state index in [1.54, 1.807) is 25.7 Å². The highest BCUT2D eigenvalue weighted by Gasteiger charge is 2.55. The van der Waals surface area contributed by atoms with Crippen molar-refractivity contribution in [3.05, 3.63) is 94.0 Å². The van der Waals surface area contributed by atoms with Gasteiger partial charge in [0.15, 0.2) is 11.6 Å². The molecule has 0 unspecified atom stereocenters. The van der Waals surface area contributed by atoms with Crippen LogP contribution in [0, 0.1) is 18.6 Å². The van der Waals surface area contributed by atoms with Crippen molar-refractivity contribution >= 4 is 18.0 Å². The Kier molecular flexibility index (Phi) is 8.49. The Labute approximate surface area is 255 Å². The van der Waals surface area contributed by atoms with Crippen LogP contribution in [0.15, 0.2) is 54.6 Å². The normalized spacial score (nSPS) is 19.5. The molecule has 1 fully saturated rings. The van der Waals surface area contributed by atoms with Crippen LogP contribution in [0.5, 0.6) is 0 Å². The molecule has 0 bridgehead atoms. The summed E-state index contributed by atoms with van der Waals surface area (Å²) < 4.78 is 40.5. The summed E-state index contributed by atoms with van der Waals surface area (Å²) in [6.07, 6.45) is 0.210. The Morgan fingerprint density at radius 2 is 1.82 bits per heavy atom. The van der Waals surface area contributed by atoms with Gasteiger partial charge in [-0.2, -0.15) is 0 Å². The second-order valence-corrected chi connectivity index (χ2v) is 12.3. The second-order valence-electron chi connectivity index (χ2n) is 12.3. The second kappa shape index (κ2) is 12.0. The number of carbonyl (C=O) groups excluding carboxylic acids is 3. The average molecular weight is 607 g/mol. The number of rotatable bonds is 6. The van der Waals surface area contributed by atoms with Crippen LogP contribution in [0.1, 0.15) is 65.7 Å². The lowest BCUT2D eigenvalue weighted by Crippen LogP contribution is -2.51. The third-order valence-electron chi connectivity index (χ3n) is 8.22. The van der Waals surface area contributed by atoms with Crippen LogP contribution in [0.3, 0.4) is 0 Å². The number of amides is 2. The van der Waals surface area contributed by atoms with Gasteiger partial charge < -0.3 is 24.8 Å². The molecule has 5 rings (SSSR count). The van der Waals surface area contributed by atoms with Gasteiger partial charge in [-0.15, -0.1) is 0 Å². The lowest BCUT2D eigenvalue weighted by Gasteiger charge is -2.45. The summed E-state index contributed by atoms with van der Waals surface area (Å²) in [7, 11) is 0. The van der Waals surface area contributed by atoms with Gasteiger partial charge in [0.2, 0.25) is 5.91 Å². The molecule has 44 heavy (non-hydrogen) atoms. The van der Waals surface area contributed by atoms with Crippen molar-refractivity contribution in [2.24, 2.45) is 0 Å². The van der Waals surface area contributed by atoms with Crippen LogP contribution in [0.25, 0.3) is 11.1 Å². The summed E-state index contributed by atoms with van der Waals surface area (Å²) in [4.78, 5) is 39.3. The largest absolute Gasteiger partial charge is 0.450 e. The molecule has 3 aromatic rings. The number of aryl methyl sites for hydroxylation is 1. The van der Waals surface area contributed by atoms with Gasteiger partial charge in [-0.05, 0) is 74.1 Å². The highest BCUT2D eigenvalue weighted by molar-refractivity contribution is 5.95. The highest BCUT2D eigenvalue weighted by Crippen LogP contribution is 2.52. The van der Waals surface area contributed by atoms with Gasteiger partial charge >= 0.3 is 12.1 Å². The molecule has 2 aliphatic heterocycles. The van der Waals surface area contributed by atoms with Crippen molar-refractivity contribution < 1.29 is 37.7 Å². The molecule has 0 aliphatic carbocycles. The summed E-state index contributed by atoms with van der Waals surface area (Å²) in [5.74, 6) is -3.98. The Morgan fingerprint density at radius 1 is 1.09 bits per heavy atom. The molecule has 1 saturated heterocycles. The molecule has 3 aromatic carbocycles. The van der Waals surface area contributed by atoms with Gasteiger partial charge in [0, 0.05) is 37.5 Å². The van der Waals surface area contributed by atoms with Crippen LogP contribution >= 0.6 is 0 Å². The fourth-order valence-corrected chi connectivity index (χ4v) is 6.21. The number of halogens is 2. The maximum Gasteiger partial charge on any atom is 0.410 e. The van der Waals surface area contributed by atoms with Gasteiger partial charge in [-0.3, -0.25) is 4.79 Å². The predicted octanol–water partition coefficient (Wildman–Crippen LogP) is 5.38. The highest BCUT2D eigenvalue weighted by atomic mass is 19.2. The van der Waals surface area contributed by atoms with E-state index < -0.39 is 53.3 Å². The number of aliphatic hydroxyl groups is 1. The van der Waals surface area contributed by atoms with E-state index in [4.69, 9.17) is 14.6 Å². The molecule has 0 aromatic heterocycles. The number of aliphatic hydroxyl groups excluding tert-OH is 1. The number of hydrogen-bond acceptors (Lipinski definition) is 6. The third kappa shape index (κ3) is 6.04. The fraction of sp³-hybridized carbons (Fsp3) is 0.382. The zero-order valence-corrected chi connectivity index (χ0v) is 25.2. The van der Waals surface area contributed by atoms with Crippen molar-refractivity contribution in [1.29, 1.82) is 0 Å². The van der Waals surface area contributed by atoms with Gasteiger partial charge in [0.1, 0.15) is 17.8 Å². The molecule has 8 nitrogen and oxygen atoms in total. The summed E-state index contributed by atoms with van der Waals surface area (Å²) in [5, 5.41) is 11.7. The minimum atomic E-state index is -1.31. The molecule has 0 radical (unpaired) electrons. The first-order chi connectivity index (χ1) is 20.8. The zero-order valence-electron chi connectivity index (χ0n) is 25.2. The van der Waals surface area contributed by atoms with Gasteiger partial charge in [-0.1, -0.05) is 42.5 Å². The first-order valence-corrected chi connectivity index (χ1v) is 14.6. The van der Waals surface area contributed by atoms with E-state index in [1.165, 1.54) is 0 Å². The molecule has 2 amide bonds. The number of benzene rings is 3. The summed E-state index contributed by atoms with van der Waals surface area (Å²) >= 11 is 0. The molecule has 232 valence electrons. The predicted molar refractivity (Wildman–Crippen MR) is 159 cm³/mol. The maximum atomic E-state index is 14.6. The molecular weight excluding hydrogens is 570 g/mol. The standard InChI is InChI=1S/C34H36F2N2O6/c1-20-15-22(24-8-6-5-7-21(24)11-13-37-30(40)19-39)9-10-23(20)27-18-38(32(42)44-33(2,3)4)14-12-34(27)26-17-29(36)28(35)16-25(26)31(41)43-34/h5-10,15-17,27,39H,11-14,18-19H2,1-4H3,(H,37,40)/t27-,34+/m1/s1. The van der Waals surface area contributed by atoms with Crippen LogP contribution < -0.4 is 5.32 Å². The van der Waals surface area contributed by atoms with E-state index in [9.17, 15) is 23.2 Å². The summed E-state index contributed by atoms with van der Waals surface area (Å²) in [5.41, 5.74) is 2.75. The monoisotopic (exact) mass is 606 g/mol. The Bertz CT molecular complexity index is 1620. The van der Waals surface area contributed by atoms with Crippen LogP contribution in [-0.2, 0) is 26.3 Å². The first-order valence-electron chi connectivity index (χ1n) is 14.6. The lowest BCUT2D eigenvalue weighted by molar-refractivity contribution is -0.123. The van der Waals surface area contributed by atoms with E-state index in [0.29, 0.717) is 13.0 Å². The van der Waals surface area contributed by atoms with E-state index >= 15 is 0 Å². The van der Waals surface area contributed by atoms with Gasteiger partial charge in [0.05, 0.1) is 5.56 Å². The molecule has 2 N–H and O–H groups in total. The number of nitrogens with zero attached hydrogens (tertiary/aromatic N) is 1. The smallest absolute Gasteiger partial charge is 0.410 e. The minimum Gasteiger partial charge on any atom is -0.450 e. The van der Waals surface area contributed by atoms with Gasteiger partial charge in [-0.25, -0.2) is 18.4 Å². The number of ether oxygens (including phenoxy) is 2. The van der Waals surface area contributed by atoms with E-state index in [-0.39, 0.29) is 30.6 Å². The fourth-order valence-electron chi connectivity index (χ4n) is 6.21. The Morgan fingerprint density at radius 3 is 2.52 bits per heavy atom. The minimum absolute atomic E-state index is 0.0175. The molecule has 0 saturated carbocycles. The first kappa shape index (κ1) is 31.1. The quantitative estimate of drug-likeness (QED) is 0.365. The van der Waals surface area contributed by atoms with Crippen molar-refractivity contribution in [2.75, 3.05) is 26.2 Å². The van der Waals surface area contributed by atoms with E-state index in [1.807, 2.05) is 49.4 Å². The van der Waals surface area contributed by atoms with Crippen molar-refractivity contribution in [3.8, 4) is 11.1 Å². The van der Waals surface area contributed by atoms with E-state index in [2.05, 4.69) is 5.32 Å². The maximum absolute atomic E-state index is 14.6. The van der Waals surface area contributed by atoms with Crippen molar-refractivity contribution in [2.45, 2.75) is 57.7 Å². The number of carbonyl (C=O) groups is 3. The number of esters is 1. The number of nitrogens with one attached hydrogen (secondary N) is 1. The SMILES string of the molecule is Cc1cc(-c2ccccc2CCNC(=O)CO)ccc1[C@H]1CN(C(=O)OC(C)(C)C)CC[C@@]12OC(=O)c1cc(F)c(F)cc12. The van der Waals surface area contributed by atoms with Crippen molar-refractivity contribution in [1.82, 2.24) is 10.2 Å². The number of piperidine rings is 1. The summed E-state index contributed by atoms with van der Waals surface area (Å²) in [6.45, 7) is 7.37. The zero-order chi connectivity index (χ0) is 31.8. The number of likely N-dealkylation sites (tertiary alicyclic amines) is 1. The number of hydrogen-bond donors (Lipinski definition) is 2. The molecule has 1 spiro atoms. The van der Waals surface area contributed by atoms with Gasteiger partial charge in [0.25, 0.3) is 0 Å². The van der Waals surface area contributed by atoms with Crippen LogP contribution in [-0.4, -0.2) is 59.8 Å². The third-order valence-corrected chi connectivity index (χ3v) is 8.22. The molecule has 10 heteroatoms. The Hall–Kier alpha value is -4.31. The molecule has 2 heterocycles. The summed E-state index contributed by atoms with van der Waals surface area (Å²) in [6, 6.07) is 15.6. The number of fused-ring (bicyclic) bond motifs is 2. The average Bonchev–Trinajstić information content (AvgIpc) is 3.23.